The van der Waals surface area contributed by atoms with E-state index in [9.17, 15) is 22.8 Å². The molecule has 4 nitrogen and oxygen atoms in total. The zero-order chi connectivity index (χ0) is 27.4. The fourth-order valence-corrected chi connectivity index (χ4v) is 4.89. The quantitative estimate of drug-likeness (QED) is 0.160. The van der Waals surface area contributed by atoms with Crippen LogP contribution >= 0.6 is 11.8 Å². The summed E-state index contributed by atoms with van der Waals surface area (Å²) < 4.78 is 38.9. The second kappa shape index (κ2) is 14.6. The van der Waals surface area contributed by atoms with Crippen LogP contribution in [0.25, 0.3) is 11.1 Å². The van der Waals surface area contributed by atoms with Gasteiger partial charge in [0, 0.05) is 17.0 Å². The van der Waals surface area contributed by atoms with Crippen molar-refractivity contribution in [3.63, 3.8) is 0 Å². The number of carbonyl (C=O) groups excluding carboxylic acids is 1. The zero-order valence-corrected chi connectivity index (χ0v) is 21.9. The Labute approximate surface area is 225 Å². The van der Waals surface area contributed by atoms with Gasteiger partial charge in [0.05, 0.1) is 12.0 Å². The Morgan fingerprint density at radius 1 is 0.816 bits per heavy atom. The highest BCUT2D eigenvalue weighted by molar-refractivity contribution is 7.99. The number of nitrogens with one attached hydrogen (secondary N) is 1. The molecule has 0 heterocycles. The van der Waals surface area contributed by atoms with Gasteiger partial charge in [-0.2, -0.15) is 13.2 Å². The second-order valence-electron chi connectivity index (χ2n) is 9.07. The Morgan fingerprint density at radius 2 is 1.50 bits per heavy atom. The van der Waals surface area contributed by atoms with Crippen LogP contribution in [-0.4, -0.2) is 29.3 Å². The molecule has 0 atom stereocenters. The minimum Gasteiger partial charge on any atom is -0.481 e. The summed E-state index contributed by atoms with van der Waals surface area (Å²) in [7, 11) is 0. The molecule has 0 saturated carbocycles. The van der Waals surface area contributed by atoms with Crippen molar-refractivity contribution in [3.8, 4) is 11.1 Å². The van der Waals surface area contributed by atoms with Crippen LogP contribution in [0.5, 0.6) is 0 Å². The van der Waals surface area contributed by atoms with Gasteiger partial charge >= 0.3 is 12.1 Å². The molecule has 38 heavy (non-hydrogen) atoms. The second-order valence-corrected chi connectivity index (χ2v) is 10.2. The number of hydrogen-bond donors (Lipinski definition) is 2. The van der Waals surface area contributed by atoms with E-state index in [4.69, 9.17) is 5.11 Å². The Bertz CT molecular complexity index is 1180. The highest BCUT2D eigenvalue weighted by Crippen LogP contribution is 2.32. The summed E-state index contributed by atoms with van der Waals surface area (Å²) in [4.78, 5) is 23.6. The molecule has 0 aromatic heterocycles. The number of thioether (sulfide) groups is 1. The Morgan fingerprint density at radius 3 is 2.18 bits per heavy atom. The number of carboxylic acid groups (broad SMARTS) is 1. The molecule has 2 N–H and O–H groups in total. The van der Waals surface area contributed by atoms with E-state index in [1.54, 1.807) is 30.0 Å². The third kappa shape index (κ3) is 9.89. The first kappa shape index (κ1) is 29.3. The van der Waals surface area contributed by atoms with Gasteiger partial charge in [-0.05, 0) is 78.1 Å². The maximum atomic E-state index is 13.0. The molecule has 0 saturated heterocycles. The summed E-state index contributed by atoms with van der Waals surface area (Å²) in [5.74, 6) is -0.203. The lowest BCUT2D eigenvalue weighted by Crippen LogP contribution is -2.25. The fraction of sp³-hybridized carbons (Fsp3) is 0.333. The number of benzene rings is 3. The first-order chi connectivity index (χ1) is 18.2. The molecule has 0 spiro atoms. The van der Waals surface area contributed by atoms with E-state index in [1.165, 1.54) is 17.7 Å². The molecule has 3 rings (SSSR count). The number of unbranched alkanes of at least 4 members (excludes halogenated alkanes) is 4. The molecule has 0 unspecified atom stereocenters. The topological polar surface area (TPSA) is 66.4 Å². The summed E-state index contributed by atoms with van der Waals surface area (Å²) in [6.45, 7) is 0.115. The fourth-order valence-electron chi connectivity index (χ4n) is 3.98. The summed E-state index contributed by atoms with van der Waals surface area (Å²) in [5.41, 5.74) is 2.40. The summed E-state index contributed by atoms with van der Waals surface area (Å²) in [5, 5.41) is 11.2. The minimum absolute atomic E-state index is 0.0953. The molecule has 1 amide bonds. The van der Waals surface area contributed by atoms with Crippen LogP contribution in [0.15, 0.2) is 77.7 Å². The molecule has 8 heteroatoms. The van der Waals surface area contributed by atoms with E-state index in [-0.39, 0.29) is 18.9 Å². The predicted octanol–water partition coefficient (Wildman–Crippen LogP) is 7.86. The van der Waals surface area contributed by atoms with Gasteiger partial charge in [-0.3, -0.25) is 9.59 Å². The SMILES string of the molecule is O=C(O)CCNC(=O)c1ccc(CCCCCCCSc2ccc(-c3cccc(C(F)(F)F)c3)cc2)cc1. The number of carbonyl (C=O) groups is 2. The normalized spacial score (nSPS) is 11.3. The van der Waals surface area contributed by atoms with Crippen LogP contribution in [0.2, 0.25) is 0 Å². The van der Waals surface area contributed by atoms with Crippen molar-refractivity contribution in [1.82, 2.24) is 5.32 Å². The summed E-state index contributed by atoms with van der Waals surface area (Å²) in [6, 6.07) is 20.5. The van der Waals surface area contributed by atoms with Gasteiger partial charge in [0.1, 0.15) is 0 Å². The number of hydrogen-bond acceptors (Lipinski definition) is 3. The third-order valence-corrected chi connectivity index (χ3v) is 7.19. The number of halogens is 3. The van der Waals surface area contributed by atoms with Crippen molar-refractivity contribution in [2.75, 3.05) is 12.3 Å². The standard InChI is InChI=1S/C30H32F3NO3S/c31-30(32,33)26-9-6-8-25(21-26)23-14-16-27(17-15-23)38-20-5-3-1-2-4-7-22-10-12-24(13-11-22)29(37)34-19-18-28(35)36/h6,8-17,21H,1-5,7,18-20H2,(H,34,37)(H,35,36). The van der Waals surface area contributed by atoms with Crippen molar-refractivity contribution < 1.29 is 27.9 Å². The van der Waals surface area contributed by atoms with E-state index in [0.717, 1.165) is 60.8 Å². The molecule has 0 aliphatic heterocycles. The molecule has 3 aromatic rings. The van der Waals surface area contributed by atoms with Gasteiger partial charge in [0.15, 0.2) is 0 Å². The average molecular weight is 544 g/mol. The first-order valence-electron chi connectivity index (χ1n) is 12.7. The number of aliphatic carboxylic acids is 1. The molecule has 0 aliphatic rings. The van der Waals surface area contributed by atoms with Crippen LogP contribution in [0.4, 0.5) is 13.2 Å². The molecular weight excluding hydrogens is 511 g/mol. The van der Waals surface area contributed by atoms with Gasteiger partial charge in [0.2, 0.25) is 0 Å². The van der Waals surface area contributed by atoms with E-state index in [2.05, 4.69) is 5.32 Å². The van der Waals surface area contributed by atoms with Crippen LogP contribution in [-0.2, 0) is 17.4 Å². The summed E-state index contributed by atoms with van der Waals surface area (Å²) in [6.07, 6.45) is 2.12. The van der Waals surface area contributed by atoms with E-state index >= 15 is 0 Å². The molecule has 0 radical (unpaired) electrons. The largest absolute Gasteiger partial charge is 0.481 e. The van der Waals surface area contributed by atoms with Crippen molar-refractivity contribution in [2.24, 2.45) is 0 Å². The third-order valence-electron chi connectivity index (χ3n) is 6.10. The molecular formula is C30H32F3NO3S. The smallest absolute Gasteiger partial charge is 0.416 e. The average Bonchev–Trinajstić information content (AvgIpc) is 2.90. The van der Waals surface area contributed by atoms with E-state index in [0.29, 0.717) is 11.1 Å². The highest BCUT2D eigenvalue weighted by Gasteiger charge is 2.30. The monoisotopic (exact) mass is 543 g/mol. The van der Waals surface area contributed by atoms with Crippen LogP contribution < -0.4 is 5.32 Å². The minimum atomic E-state index is -4.34. The van der Waals surface area contributed by atoms with Crippen molar-refractivity contribution in [1.29, 1.82) is 0 Å². The van der Waals surface area contributed by atoms with Gasteiger partial charge in [-0.1, -0.05) is 55.7 Å². The Hall–Kier alpha value is -3.26. The van der Waals surface area contributed by atoms with Gasteiger partial charge in [0.25, 0.3) is 5.91 Å². The van der Waals surface area contributed by atoms with Crippen molar-refractivity contribution >= 4 is 23.6 Å². The Kier molecular flexibility index (Phi) is 11.3. The summed E-state index contributed by atoms with van der Waals surface area (Å²) >= 11 is 1.76. The molecule has 202 valence electrons. The maximum Gasteiger partial charge on any atom is 0.416 e. The number of amides is 1. The van der Waals surface area contributed by atoms with E-state index in [1.807, 2.05) is 36.4 Å². The van der Waals surface area contributed by atoms with Gasteiger partial charge < -0.3 is 10.4 Å². The van der Waals surface area contributed by atoms with Crippen molar-refractivity contribution in [3.05, 3.63) is 89.5 Å². The molecule has 0 fully saturated rings. The van der Waals surface area contributed by atoms with Gasteiger partial charge in [-0.25, -0.2) is 0 Å². The number of rotatable bonds is 14. The number of alkyl halides is 3. The molecule has 0 aliphatic carbocycles. The lowest BCUT2D eigenvalue weighted by Gasteiger charge is -2.09. The van der Waals surface area contributed by atoms with Crippen LogP contribution in [0, 0.1) is 0 Å². The maximum absolute atomic E-state index is 13.0. The number of aryl methyl sites for hydroxylation is 1. The highest BCUT2D eigenvalue weighted by atomic mass is 32.2. The lowest BCUT2D eigenvalue weighted by molar-refractivity contribution is -0.138. The first-order valence-corrected chi connectivity index (χ1v) is 13.7. The van der Waals surface area contributed by atoms with Crippen LogP contribution in [0.3, 0.4) is 0 Å². The number of carboxylic acids is 1. The molecule has 3 aromatic carbocycles. The zero-order valence-electron chi connectivity index (χ0n) is 21.1. The van der Waals surface area contributed by atoms with Gasteiger partial charge in [-0.15, -0.1) is 11.8 Å². The lowest BCUT2D eigenvalue weighted by atomic mass is 10.0. The predicted molar refractivity (Wildman–Crippen MR) is 145 cm³/mol. The van der Waals surface area contributed by atoms with Crippen LogP contribution in [0.1, 0.15) is 60.0 Å². The molecule has 0 bridgehead atoms. The Balaban J connectivity index is 1.28. The van der Waals surface area contributed by atoms with E-state index < -0.39 is 17.7 Å². The van der Waals surface area contributed by atoms with Crippen molar-refractivity contribution in [2.45, 2.75) is 56.0 Å².